The highest BCUT2D eigenvalue weighted by Crippen LogP contribution is 2.22. The van der Waals surface area contributed by atoms with Crippen molar-refractivity contribution >= 4 is 22.4 Å². The highest BCUT2D eigenvalue weighted by atomic mass is 32.1. The van der Waals surface area contributed by atoms with Crippen molar-refractivity contribution in [2.75, 3.05) is 18.5 Å². The van der Waals surface area contributed by atoms with Crippen LogP contribution in [0.5, 0.6) is 0 Å². The van der Waals surface area contributed by atoms with Crippen LogP contribution in [0, 0.1) is 0 Å². The lowest BCUT2D eigenvalue weighted by Crippen LogP contribution is -2.44. The van der Waals surface area contributed by atoms with Crippen LogP contribution in [0.2, 0.25) is 0 Å². The maximum Gasteiger partial charge on any atom is 0.245 e. The Hall–Kier alpha value is -0.940. The molecule has 1 aliphatic heterocycles. The van der Waals surface area contributed by atoms with E-state index in [4.69, 9.17) is 0 Å². The van der Waals surface area contributed by atoms with Crippen LogP contribution in [0.25, 0.3) is 0 Å². The molecular weight excluding hydrogens is 210 g/mol. The zero-order valence-corrected chi connectivity index (χ0v) is 9.59. The number of nitrogens with one attached hydrogen (secondary N) is 1. The number of carbonyl (C=O) groups excluding carboxylic acids is 1. The van der Waals surface area contributed by atoms with Crippen molar-refractivity contribution < 1.29 is 4.79 Å². The Balaban J connectivity index is 2.19. The van der Waals surface area contributed by atoms with Crippen molar-refractivity contribution in [3.8, 4) is 0 Å². The molecule has 0 spiro atoms. The molecule has 1 aromatic heterocycles. The third-order valence-corrected chi connectivity index (χ3v) is 3.48. The highest BCUT2D eigenvalue weighted by Gasteiger charge is 2.27. The van der Waals surface area contributed by atoms with Gasteiger partial charge in [0.2, 0.25) is 5.91 Å². The molecule has 4 nitrogen and oxygen atoms in total. The average molecular weight is 225 g/mol. The molecule has 1 atom stereocenters. The molecule has 5 heteroatoms. The van der Waals surface area contributed by atoms with Gasteiger partial charge in [0.1, 0.15) is 0 Å². The van der Waals surface area contributed by atoms with Crippen LogP contribution in [-0.2, 0) is 4.79 Å². The van der Waals surface area contributed by atoms with Gasteiger partial charge in [-0.15, -0.1) is 11.3 Å². The first-order chi connectivity index (χ1) is 7.33. The molecular formula is C10H15N3OS. The van der Waals surface area contributed by atoms with Crippen molar-refractivity contribution in [1.29, 1.82) is 0 Å². The Morgan fingerprint density at radius 2 is 2.47 bits per heavy atom. The Labute approximate surface area is 93.3 Å². The summed E-state index contributed by atoms with van der Waals surface area (Å²) >= 11 is 1.52. The fourth-order valence-corrected chi connectivity index (χ4v) is 2.52. The van der Waals surface area contributed by atoms with Gasteiger partial charge in [0, 0.05) is 18.1 Å². The number of likely N-dealkylation sites (N-methyl/N-ethyl adjacent to an activating group) is 1. The van der Waals surface area contributed by atoms with E-state index in [9.17, 15) is 4.79 Å². The number of aromatic nitrogens is 1. The smallest absolute Gasteiger partial charge is 0.245 e. The molecule has 2 rings (SSSR count). The molecule has 1 aliphatic rings. The third kappa shape index (κ3) is 2.18. The predicted molar refractivity (Wildman–Crippen MR) is 61.2 cm³/mol. The fourth-order valence-electron chi connectivity index (χ4n) is 1.85. The van der Waals surface area contributed by atoms with E-state index in [0.29, 0.717) is 0 Å². The minimum atomic E-state index is -0.0450. The molecule has 1 amide bonds. The lowest BCUT2D eigenvalue weighted by Gasteiger charge is -2.21. The molecule has 1 fully saturated rings. The number of amides is 1. The topological polar surface area (TPSA) is 45.2 Å². The van der Waals surface area contributed by atoms with Crippen LogP contribution in [0.4, 0.5) is 5.13 Å². The zero-order valence-electron chi connectivity index (χ0n) is 8.77. The van der Waals surface area contributed by atoms with Crippen LogP contribution < -0.4 is 10.2 Å². The SMILES string of the molecule is CNC1CCCCN(c2nccs2)C1=O. The van der Waals surface area contributed by atoms with Crippen molar-refractivity contribution in [3.05, 3.63) is 11.6 Å². The van der Waals surface area contributed by atoms with Crippen LogP contribution in [0.1, 0.15) is 19.3 Å². The zero-order chi connectivity index (χ0) is 10.7. The summed E-state index contributed by atoms with van der Waals surface area (Å²) in [6, 6.07) is -0.0450. The summed E-state index contributed by atoms with van der Waals surface area (Å²) in [5.74, 6) is 0.157. The molecule has 15 heavy (non-hydrogen) atoms. The summed E-state index contributed by atoms with van der Waals surface area (Å²) in [5.41, 5.74) is 0. The Morgan fingerprint density at radius 1 is 1.60 bits per heavy atom. The van der Waals surface area contributed by atoms with Gasteiger partial charge in [0.25, 0.3) is 0 Å². The second-order valence-electron chi connectivity index (χ2n) is 3.64. The van der Waals surface area contributed by atoms with Crippen molar-refractivity contribution in [3.63, 3.8) is 0 Å². The minimum Gasteiger partial charge on any atom is -0.309 e. The Kier molecular flexibility index (Phi) is 3.33. The van der Waals surface area contributed by atoms with Crippen molar-refractivity contribution in [1.82, 2.24) is 10.3 Å². The molecule has 0 aromatic carbocycles. The van der Waals surface area contributed by atoms with Crippen LogP contribution in [0.15, 0.2) is 11.6 Å². The maximum atomic E-state index is 12.1. The van der Waals surface area contributed by atoms with Gasteiger partial charge in [0.05, 0.1) is 6.04 Å². The maximum absolute atomic E-state index is 12.1. The molecule has 0 saturated carbocycles. The van der Waals surface area contributed by atoms with Gasteiger partial charge < -0.3 is 5.32 Å². The van der Waals surface area contributed by atoms with Gasteiger partial charge in [-0.1, -0.05) is 0 Å². The number of hydrogen-bond acceptors (Lipinski definition) is 4. The first-order valence-electron chi connectivity index (χ1n) is 5.21. The minimum absolute atomic E-state index is 0.0450. The fraction of sp³-hybridized carbons (Fsp3) is 0.600. The van der Waals surface area contributed by atoms with E-state index in [-0.39, 0.29) is 11.9 Å². The molecule has 0 aliphatic carbocycles. The van der Waals surface area contributed by atoms with E-state index in [2.05, 4.69) is 10.3 Å². The predicted octanol–water partition coefficient (Wildman–Crippen LogP) is 1.25. The molecule has 1 aromatic rings. The lowest BCUT2D eigenvalue weighted by atomic mass is 10.1. The summed E-state index contributed by atoms with van der Waals surface area (Å²) in [7, 11) is 1.84. The quantitative estimate of drug-likeness (QED) is 0.824. The van der Waals surface area contributed by atoms with Gasteiger partial charge in [-0.2, -0.15) is 0 Å². The summed E-state index contributed by atoms with van der Waals surface area (Å²) in [6.45, 7) is 0.796. The molecule has 1 unspecified atom stereocenters. The van der Waals surface area contributed by atoms with E-state index < -0.39 is 0 Å². The van der Waals surface area contributed by atoms with Gasteiger partial charge in [-0.25, -0.2) is 4.98 Å². The normalized spacial score (nSPS) is 22.9. The first kappa shape index (κ1) is 10.6. The Bertz CT molecular complexity index is 325. The summed E-state index contributed by atoms with van der Waals surface area (Å²) in [4.78, 5) is 18.1. The van der Waals surface area contributed by atoms with E-state index in [1.54, 1.807) is 11.1 Å². The molecule has 0 bridgehead atoms. The largest absolute Gasteiger partial charge is 0.309 e. The third-order valence-electron chi connectivity index (χ3n) is 2.69. The van der Waals surface area contributed by atoms with Gasteiger partial charge in [0.15, 0.2) is 5.13 Å². The molecule has 82 valence electrons. The monoisotopic (exact) mass is 225 g/mol. The second-order valence-corrected chi connectivity index (χ2v) is 4.51. The molecule has 0 radical (unpaired) electrons. The van der Waals surface area contributed by atoms with Crippen molar-refractivity contribution in [2.45, 2.75) is 25.3 Å². The number of carbonyl (C=O) groups is 1. The van der Waals surface area contributed by atoms with E-state index in [0.717, 1.165) is 30.9 Å². The van der Waals surface area contributed by atoms with Gasteiger partial charge in [-0.3, -0.25) is 9.69 Å². The lowest BCUT2D eigenvalue weighted by molar-refractivity contribution is -0.120. The number of anilines is 1. The van der Waals surface area contributed by atoms with Gasteiger partial charge >= 0.3 is 0 Å². The molecule has 1 N–H and O–H groups in total. The average Bonchev–Trinajstić information content (AvgIpc) is 2.70. The van der Waals surface area contributed by atoms with Crippen LogP contribution in [0.3, 0.4) is 0 Å². The summed E-state index contributed by atoms with van der Waals surface area (Å²) in [6.07, 6.45) is 4.83. The van der Waals surface area contributed by atoms with Crippen LogP contribution >= 0.6 is 11.3 Å². The van der Waals surface area contributed by atoms with Crippen molar-refractivity contribution in [2.24, 2.45) is 0 Å². The van der Waals surface area contributed by atoms with E-state index in [1.807, 2.05) is 12.4 Å². The second kappa shape index (κ2) is 4.72. The first-order valence-corrected chi connectivity index (χ1v) is 6.09. The summed E-state index contributed by atoms with van der Waals surface area (Å²) in [5, 5.41) is 5.80. The van der Waals surface area contributed by atoms with E-state index in [1.165, 1.54) is 11.3 Å². The van der Waals surface area contributed by atoms with Gasteiger partial charge in [-0.05, 0) is 26.3 Å². The number of hydrogen-bond donors (Lipinski definition) is 1. The molecule has 2 heterocycles. The standard InChI is InChI=1S/C10H15N3OS/c1-11-8-4-2-3-6-13(9(8)14)10-12-5-7-15-10/h5,7-8,11H,2-4,6H2,1H3. The molecule has 1 saturated heterocycles. The Morgan fingerprint density at radius 3 is 3.13 bits per heavy atom. The number of rotatable bonds is 2. The highest BCUT2D eigenvalue weighted by molar-refractivity contribution is 7.13. The number of thiazole rings is 1. The summed E-state index contributed by atoms with van der Waals surface area (Å²) < 4.78 is 0. The van der Waals surface area contributed by atoms with E-state index >= 15 is 0 Å². The number of nitrogens with zero attached hydrogens (tertiary/aromatic N) is 2. The van der Waals surface area contributed by atoms with Crippen LogP contribution in [-0.4, -0.2) is 30.5 Å².